The van der Waals surface area contributed by atoms with Gasteiger partial charge in [-0.2, -0.15) is 17.9 Å². The number of rotatable bonds is 2. The summed E-state index contributed by atoms with van der Waals surface area (Å²) < 4.78 is 40.8. The van der Waals surface area contributed by atoms with Crippen LogP contribution in [0.4, 0.5) is 13.2 Å². The van der Waals surface area contributed by atoms with Crippen LogP contribution in [0.15, 0.2) is 30.9 Å². The van der Waals surface area contributed by atoms with Crippen LogP contribution < -0.4 is 0 Å². The van der Waals surface area contributed by atoms with Crippen LogP contribution in [0.1, 0.15) is 40.4 Å². The molecule has 3 aromatic rings. The number of amides is 1. The number of carbonyl (C=O) groups excluding carboxylic acids is 1. The first-order valence-electron chi connectivity index (χ1n) is 8.52. The predicted octanol–water partition coefficient (Wildman–Crippen LogP) is 2.88. The first-order valence-corrected chi connectivity index (χ1v) is 8.90. The number of nitrogens with zero attached hydrogens (tertiary/aromatic N) is 7. The zero-order valence-corrected chi connectivity index (χ0v) is 15.7. The molecule has 4 rings (SSSR count). The van der Waals surface area contributed by atoms with E-state index in [1.807, 2.05) is 0 Å². The molecule has 0 saturated heterocycles. The van der Waals surface area contributed by atoms with Crippen molar-refractivity contribution in [2.75, 3.05) is 6.54 Å². The Labute approximate surface area is 167 Å². The lowest BCUT2D eigenvalue weighted by atomic mass is 10.0. The van der Waals surface area contributed by atoms with Gasteiger partial charge in [0.15, 0.2) is 5.82 Å². The molecular formula is C17H13ClF3N7O. The van der Waals surface area contributed by atoms with Crippen LogP contribution in [0.2, 0.25) is 5.02 Å². The first-order chi connectivity index (χ1) is 13.8. The van der Waals surface area contributed by atoms with E-state index < -0.39 is 34.4 Å². The molecule has 4 heterocycles. The number of hydrogen-bond acceptors (Lipinski definition) is 6. The summed E-state index contributed by atoms with van der Waals surface area (Å²) in [7, 11) is 0. The minimum Gasteiger partial charge on any atom is -0.328 e. The Bertz CT molecular complexity index is 1070. The second kappa shape index (κ2) is 7.07. The average Bonchev–Trinajstić information content (AvgIpc) is 3.13. The van der Waals surface area contributed by atoms with Crippen molar-refractivity contribution in [1.82, 2.24) is 34.8 Å². The zero-order chi connectivity index (χ0) is 20.8. The van der Waals surface area contributed by atoms with Crippen molar-refractivity contribution in [3.63, 3.8) is 0 Å². The number of pyridine rings is 1. The fourth-order valence-corrected chi connectivity index (χ4v) is 3.55. The molecule has 0 spiro atoms. The monoisotopic (exact) mass is 423 g/mol. The maximum absolute atomic E-state index is 13.1. The van der Waals surface area contributed by atoms with E-state index in [4.69, 9.17) is 11.6 Å². The van der Waals surface area contributed by atoms with Gasteiger partial charge in [0.2, 0.25) is 0 Å². The SMILES string of the molecule is C[C@@H]1c2nnn(-c3cnccn3)c2CCN1C(=O)c1nccc(C(F)(F)F)c1Cl. The number of alkyl halides is 3. The Morgan fingerprint density at radius 1 is 1.24 bits per heavy atom. The van der Waals surface area contributed by atoms with E-state index in [1.165, 1.54) is 28.2 Å². The van der Waals surface area contributed by atoms with Gasteiger partial charge in [0, 0.05) is 31.6 Å². The highest BCUT2D eigenvalue weighted by Gasteiger charge is 2.38. The Morgan fingerprint density at radius 2 is 2.03 bits per heavy atom. The quantitative estimate of drug-likeness (QED) is 0.629. The summed E-state index contributed by atoms with van der Waals surface area (Å²) in [6.07, 6.45) is 1.20. The lowest BCUT2D eigenvalue weighted by Crippen LogP contribution is -2.40. The van der Waals surface area contributed by atoms with Crippen LogP contribution in [0.5, 0.6) is 0 Å². The molecule has 8 nitrogen and oxygen atoms in total. The maximum Gasteiger partial charge on any atom is 0.417 e. The minimum absolute atomic E-state index is 0.231. The van der Waals surface area contributed by atoms with E-state index in [2.05, 4.69) is 25.3 Å². The molecule has 1 amide bonds. The Kier molecular flexibility index (Phi) is 4.69. The van der Waals surface area contributed by atoms with Crippen LogP contribution >= 0.6 is 11.6 Å². The molecule has 3 aromatic heterocycles. The highest BCUT2D eigenvalue weighted by atomic mass is 35.5. The Balaban J connectivity index is 1.66. The van der Waals surface area contributed by atoms with Crippen molar-refractivity contribution >= 4 is 17.5 Å². The van der Waals surface area contributed by atoms with Crippen molar-refractivity contribution in [2.45, 2.75) is 25.6 Å². The summed E-state index contributed by atoms with van der Waals surface area (Å²) in [5.74, 6) is -0.218. The topological polar surface area (TPSA) is 89.7 Å². The maximum atomic E-state index is 13.1. The zero-order valence-electron chi connectivity index (χ0n) is 14.9. The summed E-state index contributed by atoms with van der Waals surface area (Å²) in [5.41, 5.74) is -0.266. The van der Waals surface area contributed by atoms with E-state index in [0.717, 1.165) is 18.0 Å². The average molecular weight is 424 g/mol. The third-order valence-electron chi connectivity index (χ3n) is 4.67. The van der Waals surface area contributed by atoms with Gasteiger partial charge in [0.25, 0.3) is 5.91 Å². The molecule has 150 valence electrons. The lowest BCUT2D eigenvalue weighted by Gasteiger charge is -2.32. The second-order valence-electron chi connectivity index (χ2n) is 6.34. The van der Waals surface area contributed by atoms with Gasteiger partial charge in [0.1, 0.15) is 11.4 Å². The molecular weight excluding hydrogens is 411 g/mol. The largest absolute Gasteiger partial charge is 0.417 e. The van der Waals surface area contributed by atoms with Crippen molar-refractivity contribution < 1.29 is 18.0 Å². The van der Waals surface area contributed by atoms with Gasteiger partial charge in [-0.05, 0) is 13.0 Å². The molecule has 0 unspecified atom stereocenters. The third kappa shape index (κ3) is 3.31. The highest BCUT2D eigenvalue weighted by molar-refractivity contribution is 6.34. The van der Waals surface area contributed by atoms with Gasteiger partial charge in [-0.3, -0.25) is 9.78 Å². The number of aromatic nitrogens is 6. The molecule has 0 N–H and O–H groups in total. The van der Waals surface area contributed by atoms with Crippen LogP contribution in [-0.2, 0) is 12.6 Å². The van der Waals surface area contributed by atoms with Gasteiger partial charge in [-0.1, -0.05) is 16.8 Å². The van der Waals surface area contributed by atoms with Crippen molar-refractivity contribution in [2.24, 2.45) is 0 Å². The molecule has 0 radical (unpaired) electrons. The summed E-state index contributed by atoms with van der Waals surface area (Å²) in [4.78, 5) is 26.3. The Morgan fingerprint density at radius 3 is 2.72 bits per heavy atom. The normalized spacial score (nSPS) is 16.6. The van der Waals surface area contributed by atoms with E-state index in [0.29, 0.717) is 17.9 Å². The van der Waals surface area contributed by atoms with Crippen molar-refractivity contribution in [3.8, 4) is 5.82 Å². The highest BCUT2D eigenvalue weighted by Crippen LogP contribution is 2.37. The summed E-state index contributed by atoms with van der Waals surface area (Å²) in [6.45, 7) is 1.95. The molecule has 1 aliphatic heterocycles. The molecule has 0 saturated carbocycles. The molecule has 0 aliphatic carbocycles. The number of fused-ring (bicyclic) bond motifs is 1. The van der Waals surface area contributed by atoms with Gasteiger partial charge in [-0.25, -0.2) is 9.97 Å². The summed E-state index contributed by atoms with van der Waals surface area (Å²) >= 11 is 5.86. The molecule has 0 bridgehead atoms. The second-order valence-corrected chi connectivity index (χ2v) is 6.72. The number of carbonyl (C=O) groups is 1. The van der Waals surface area contributed by atoms with Crippen LogP contribution in [0, 0.1) is 0 Å². The van der Waals surface area contributed by atoms with Gasteiger partial charge < -0.3 is 4.90 Å². The van der Waals surface area contributed by atoms with E-state index in [1.54, 1.807) is 6.92 Å². The fraction of sp³-hybridized carbons (Fsp3) is 0.294. The van der Waals surface area contributed by atoms with Crippen molar-refractivity contribution in [3.05, 3.63) is 58.5 Å². The van der Waals surface area contributed by atoms with Gasteiger partial charge >= 0.3 is 6.18 Å². The van der Waals surface area contributed by atoms with Crippen LogP contribution in [0.25, 0.3) is 5.82 Å². The molecule has 1 aliphatic rings. The van der Waals surface area contributed by atoms with Gasteiger partial charge in [0.05, 0.1) is 28.5 Å². The van der Waals surface area contributed by atoms with Crippen molar-refractivity contribution in [1.29, 1.82) is 0 Å². The lowest BCUT2D eigenvalue weighted by molar-refractivity contribution is -0.137. The molecule has 0 aromatic carbocycles. The standard InChI is InChI=1S/C17H13ClF3N7O/c1-9-14-11(28(26-25-14)12-8-22-5-6-23-12)3-7-27(9)16(29)15-13(18)10(2-4-24-15)17(19,20)21/h2,4-6,8-9H,3,7H2,1H3/t9-/m1/s1. The summed E-state index contributed by atoms with van der Waals surface area (Å²) in [5, 5.41) is 7.51. The van der Waals surface area contributed by atoms with Crippen LogP contribution in [-0.4, -0.2) is 47.3 Å². The first kappa shape index (κ1) is 19.2. The van der Waals surface area contributed by atoms with E-state index >= 15 is 0 Å². The van der Waals surface area contributed by atoms with Crippen LogP contribution in [0.3, 0.4) is 0 Å². The fourth-order valence-electron chi connectivity index (χ4n) is 3.25. The Hall–Kier alpha value is -3.08. The third-order valence-corrected chi connectivity index (χ3v) is 5.05. The predicted molar refractivity (Wildman–Crippen MR) is 94.4 cm³/mol. The molecule has 12 heteroatoms. The minimum atomic E-state index is -4.69. The van der Waals surface area contributed by atoms with Gasteiger partial charge in [-0.15, -0.1) is 5.10 Å². The van der Waals surface area contributed by atoms with E-state index in [9.17, 15) is 18.0 Å². The summed E-state index contributed by atoms with van der Waals surface area (Å²) in [6, 6.07) is 0.202. The molecule has 0 fully saturated rings. The number of hydrogen-bond donors (Lipinski definition) is 0. The number of halogens is 4. The molecule has 1 atom stereocenters. The molecule has 29 heavy (non-hydrogen) atoms. The smallest absolute Gasteiger partial charge is 0.328 e. The van der Waals surface area contributed by atoms with E-state index in [-0.39, 0.29) is 6.54 Å².